The first-order chi connectivity index (χ1) is 11.8. The molecule has 1 saturated heterocycles. The summed E-state index contributed by atoms with van der Waals surface area (Å²) in [6.45, 7) is 4.94. The van der Waals surface area contributed by atoms with Gasteiger partial charge in [-0.25, -0.2) is 0 Å². The van der Waals surface area contributed by atoms with Gasteiger partial charge in [0.2, 0.25) is 0 Å². The van der Waals surface area contributed by atoms with E-state index in [2.05, 4.69) is 56.9 Å². The summed E-state index contributed by atoms with van der Waals surface area (Å²) < 4.78 is 6.96. The summed E-state index contributed by atoms with van der Waals surface area (Å²) in [6, 6.07) is 16.5. The van der Waals surface area contributed by atoms with Crippen LogP contribution in [0.1, 0.15) is 24.0 Å². The Labute approximate surface area is 152 Å². The Balaban J connectivity index is 1.42. The van der Waals surface area contributed by atoms with Crippen molar-refractivity contribution in [3.05, 3.63) is 64.1 Å². The van der Waals surface area contributed by atoms with Crippen LogP contribution in [0, 0.1) is 5.92 Å². The molecule has 0 spiro atoms. The monoisotopic (exact) mass is 388 g/mol. The molecule has 2 aromatic rings. The SMILES string of the molecule is Brc1ccccc1COc1ccc(CNCC2CCNCC2)cc1. The van der Waals surface area contributed by atoms with E-state index in [9.17, 15) is 0 Å². The van der Waals surface area contributed by atoms with E-state index in [1.54, 1.807) is 0 Å². The molecule has 24 heavy (non-hydrogen) atoms. The molecule has 0 amide bonds. The van der Waals surface area contributed by atoms with Crippen molar-refractivity contribution in [2.45, 2.75) is 26.0 Å². The number of hydrogen-bond donors (Lipinski definition) is 2. The van der Waals surface area contributed by atoms with E-state index in [0.717, 1.165) is 47.9 Å². The Kier molecular flexibility index (Phi) is 6.70. The molecule has 0 radical (unpaired) electrons. The van der Waals surface area contributed by atoms with Crippen molar-refractivity contribution < 1.29 is 4.74 Å². The van der Waals surface area contributed by atoms with E-state index in [0.29, 0.717) is 6.61 Å². The van der Waals surface area contributed by atoms with Gasteiger partial charge in [-0.15, -0.1) is 0 Å². The summed E-state index contributed by atoms with van der Waals surface area (Å²) in [6.07, 6.45) is 2.57. The highest BCUT2D eigenvalue weighted by atomic mass is 79.9. The van der Waals surface area contributed by atoms with Crippen LogP contribution >= 0.6 is 15.9 Å². The third-order valence-electron chi connectivity index (χ3n) is 4.50. The fourth-order valence-corrected chi connectivity index (χ4v) is 3.39. The lowest BCUT2D eigenvalue weighted by Crippen LogP contribution is -2.33. The molecule has 0 aromatic heterocycles. The van der Waals surface area contributed by atoms with E-state index in [1.807, 2.05) is 18.2 Å². The van der Waals surface area contributed by atoms with Gasteiger partial charge in [-0.1, -0.05) is 46.3 Å². The van der Waals surface area contributed by atoms with Gasteiger partial charge in [-0.2, -0.15) is 0 Å². The van der Waals surface area contributed by atoms with Gasteiger partial charge in [-0.05, 0) is 62.2 Å². The normalized spacial score (nSPS) is 15.4. The molecule has 0 atom stereocenters. The average molecular weight is 389 g/mol. The van der Waals surface area contributed by atoms with Gasteiger partial charge >= 0.3 is 0 Å². The molecule has 2 N–H and O–H groups in total. The summed E-state index contributed by atoms with van der Waals surface area (Å²) in [7, 11) is 0. The molecule has 1 aliphatic heterocycles. The van der Waals surface area contributed by atoms with E-state index in [-0.39, 0.29) is 0 Å². The molecule has 4 heteroatoms. The van der Waals surface area contributed by atoms with Crippen LogP contribution in [0.25, 0.3) is 0 Å². The topological polar surface area (TPSA) is 33.3 Å². The molecule has 0 saturated carbocycles. The van der Waals surface area contributed by atoms with Crippen LogP contribution in [0.5, 0.6) is 5.75 Å². The fraction of sp³-hybridized carbons (Fsp3) is 0.400. The molecule has 1 aliphatic rings. The van der Waals surface area contributed by atoms with Gasteiger partial charge in [0.1, 0.15) is 12.4 Å². The fourth-order valence-electron chi connectivity index (χ4n) is 2.99. The highest BCUT2D eigenvalue weighted by molar-refractivity contribution is 9.10. The number of ether oxygens (including phenoxy) is 1. The molecular formula is C20H25BrN2O. The first-order valence-electron chi connectivity index (χ1n) is 8.68. The summed E-state index contributed by atoms with van der Waals surface area (Å²) in [4.78, 5) is 0. The van der Waals surface area contributed by atoms with Crippen LogP contribution < -0.4 is 15.4 Å². The third kappa shape index (κ3) is 5.33. The summed E-state index contributed by atoms with van der Waals surface area (Å²) in [5.41, 5.74) is 2.46. The Hall–Kier alpha value is -1.36. The second-order valence-electron chi connectivity index (χ2n) is 6.35. The maximum Gasteiger partial charge on any atom is 0.119 e. The van der Waals surface area contributed by atoms with Crippen molar-refractivity contribution in [3.8, 4) is 5.75 Å². The number of hydrogen-bond acceptors (Lipinski definition) is 3. The minimum absolute atomic E-state index is 0.578. The molecule has 0 bridgehead atoms. The molecule has 2 aromatic carbocycles. The standard InChI is InChI=1S/C20H25BrN2O/c21-20-4-2-1-3-18(20)15-24-19-7-5-16(6-8-19)13-23-14-17-9-11-22-12-10-17/h1-8,17,22-23H,9-15H2. The third-order valence-corrected chi connectivity index (χ3v) is 5.27. The predicted octanol–water partition coefficient (Wildman–Crippen LogP) is 4.12. The number of nitrogens with one attached hydrogen (secondary N) is 2. The number of benzene rings is 2. The molecule has 0 unspecified atom stereocenters. The zero-order valence-corrected chi connectivity index (χ0v) is 15.5. The van der Waals surface area contributed by atoms with Crippen LogP contribution in [-0.4, -0.2) is 19.6 Å². The first kappa shape index (κ1) is 17.5. The van der Waals surface area contributed by atoms with Crippen LogP contribution in [0.4, 0.5) is 0 Å². The van der Waals surface area contributed by atoms with Crippen molar-refractivity contribution in [3.63, 3.8) is 0 Å². The van der Waals surface area contributed by atoms with Crippen LogP contribution in [-0.2, 0) is 13.2 Å². The Bertz CT molecular complexity index is 624. The van der Waals surface area contributed by atoms with Crippen LogP contribution in [0.3, 0.4) is 0 Å². The number of rotatable bonds is 7. The highest BCUT2D eigenvalue weighted by Crippen LogP contribution is 2.19. The minimum Gasteiger partial charge on any atom is -0.489 e. The van der Waals surface area contributed by atoms with E-state index < -0.39 is 0 Å². The molecule has 3 nitrogen and oxygen atoms in total. The van der Waals surface area contributed by atoms with Crippen molar-refractivity contribution in [1.82, 2.24) is 10.6 Å². The second-order valence-corrected chi connectivity index (χ2v) is 7.20. The minimum atomic E-state index is 0.578. The molecular weight excluding hydrogens is 364 g/mol. The lowest BCUT2D eigenvalue weighted by atomic mass is 9.98. The maximum absolute atomic E-state index is 5.87. The number of halogens is 1. The van der Waals surface area contributed by atoms with Crippen LogP contribution in [0.15, 0.2) is 53.0 Å². The van der Waals surface area contributed by atoms with Crippen molar-refractivity contribution >= 4 is 15.9 Å². The second kappa shape index (κ2) is 9.21. The van der Waals surface area contributed by atoms with Crippen LogP contribution in [0.2, 0.25) is 0 Å². The smallest absolute Gasteiger partial charge is 0.119 e. The Morgan fingerprint density at radius 3 is 2.54 bits per heavy atom. The Morgan fingerprint density at radius 2 is 1.79 bits per heavy atom. The van der Waals surface area contributed by atoms with Gasteiger partial charge in [0.05, 0.1) is 0 Å². The van der Waals surface area contributed by atoms with Crippen molar-refractivity contribution in [1.29, 1.82) is 0 Å². The number of piperidine rings is 1. The molecule has 0 aliphatic carbocycles. The lowest BCUT2D eigenvalue weighted by Gasteiger charge is -2.22. The van der Waals surface area contributed by atoms with E-state index in [4.69, 9.17) is 4.74 Å². The highest BCUT2D eigenvalue weighted by Gasteiger charge is 2.11. The lowest BCUT2D eigenvalue weighted by molar-refractivity contribution is 0.305. The van der Waals surface area contributed by atoms with Gasteiger partial charge < -0.3 is 15.4 Å². The molecule has 1 fully saturated rings. The average Bonchev–Trinajstić information content (AvgIpc) is 2.63. The van der Waals surface area contributed by atoms with Gasteiger partial charge in [0.15, 0.2) is 0 Å². The van der Waals surface area contributed by atoms with E-state index >= 15 is 0 Å². The van der Waals surface area contributed by atoms with Gasteiger partial charge in [0, 0.05) is 16.6 Å². The summed E-state index contributed by atoms with van der Waals surface area (Å²) in [5, 5.41) is 6.99. The van der Waals surface area contributed by atoms with E-state index in [1.165, 1.54) is 18.4 Å². The zero-order chi connectivity index (χ0) is 16.6. The largest absolute Gasteiger partial charge is 0.489 e. The van der Waals surface area contributed by atoms with Gasteiger partial charge in [-0.3, -0.25) is 0 Å². The molecule has 128 valence electrons. The predicted molar refractivity (Wildman–Crippen MR) is 102 cm³/mol. The van der Waals surface area contributed by atoms with Crippen molar-refractivity contribution in [2.75, 3.05) is 19.6 Å². The quantitative estimate of drug-likeness (QED) is 0.748. The zero-order valence-electron chi connectivity index (χ0n) is 13.9. The van der Waals surface area contributed by atoms with Crippen molar-refractivity contribution in [2.24, 2.45) is 5.92 Å². The Morgan fingerprint density at radius 1 is 1.04 bits per heavy atom. The summed E-state index contributed by atoms with van der Waals surface area (Å²) >= 11 is 3.55. The maximum atomic E-state index is 5.87. The summed E-state index contributed by atoms with van der Waals surface area (Å²) in [5.74, 6) is 1.73. The van der Waals surface area contributed by atoms with Gasteiger partial charge in [0.25, 0.3) is 0 Å². The molecule has 3 rings (SSSR count). The first-order valence-corrected chi connectivity index (χ1v) is 9.47. The molecule has 1 heterocycles.